The highest BCUT2D eigenvalue weighted by atomic mass is 16.2. The van der Waals surface area contributed by atoms with Gasteiger partial charge in [-0.3, -0.25) is 14.9 Å². The maximum absolute atomic E-state index is 11.5. The topological polar surface area (TPSA) is 121 Å². The van der Waals surface area contributed by atoms with E-state index in [1.54, 1.807) is 0 Å². The van der Waals surface area contributed by atoms with Gasteiger partial charge < -0.3 is 11.1 Å². The molecule has 7 nitrogen and oxygen atoms in total. The number of nitrogens with two attached hydrogens (primary N) is 1. The molecule has 2 rings (SSSR count). The molecule has 1 saturated heterocycles. The molecule has 0 radical (unpaired) electrons. The summed E-state index contributed by atoms with van der Waals surface area (Å²) in [6, 6.07) is 2.86. The molecule has 1 atom stereocenters. The highest BCUT2D eigenvalue weighted by Crippen LogP contribution is 2.21. The maximum Gasteiger partial charge on any atom is 0.249 e. The van der Waals surface area contributed by atoms with Gasteiger partial charge in [-0.2, -0.15) is 5.26 Å². The minimum atomic E-state index is -0.563. The van der Waals surface area contributed by atoms with Gasteiger partial charge in [0, 0.05) is 12.6 Å². The smallest absolute Gasteiger partial charge is 0.249 e. The number of rotatable bonds is 2. The van der Waals surface area contributed by atoms with Crippen LogP contribution in [0.4, 0.5) is 11.5 Å². The Kier molecular flexibility index (Phi) is 3.10. The van der Waals surface area contributed by atoms with Crippen LogP contribution in [0.3, 0.4) is 0 Å². The number of imide groups is 1. The first kappa shape index (κ1) is 11.9. The van der Waals surface area contributed by atoms with E-state index < -0.39 is 11.9 Å². The molecule has 1 unspecified atom stereocenters. The number of nitriles is 1. The molecular weight excluding hydrogens is 234 g/mol. The van der Waals surface area contributed by atoms with Gasteiger partial charge in [-0.15, -0.1) is 0 Å². The van der Waals surface area contributed by atoms with Crippen molar-refractivity contribution in [3.05, 3.63) is 17.8 Å². The van der Waals surface area contributed by atoms with E-state index in [1.807, 2.05) is 6.07 Å². The highest BCUT2D eigenvalue weighted by Gasteiger charge is 2.27. The number of nitrogen functional groups attached to an aromatic ring is 1. The molecule has 92 valence electrons. The summed E-state index contributed by atoms with van der Waals surface area (Å²) in [5, 5.41) is 13.9. The van der Waals surface area contributed by atoms with E-state index in [-0.39, 0.29) is 23.8 Å². The number of hydrogen-bond acceptors (Lipinski definition) is 6. The zero-order valence-electron chi connectivity index (χ0n) is 9.43. The monoisotopic (exact) mass is 245 g/mol. The summed E-state index contributed by atoms with van der Waals surface area (Å²) in [6.07, 6.45) is 2.08. The first-order valence-electron chi connectivity index (χ1n) is 5.36. The van der Waals surface area contributed by atoms with Crippen LogP contribution in [0, 0.1) is 11.3 Å². The Morgan fingerprint density at radius 3 is 3.00 bits per heavy atom. The molecule has 0 aliphatic carbocycles. The van der Waals surface area contributed by atoms with Crippen molar-refractivity contribution in [1.29, 1.82) is 5.26 Å². The normalized spacial score (nSPS) is 18.9. The fourth-order valence-electron chi connectivity index (χ4n) is 1.68. The molecule has 1 fully saturated rings. The number of anilines is 2. The van der Waals surface area contributed by atoms with Gasteiger partial charge in [0.1, 0.15) is 12.1 Å². The Morgan fingerprint density at radius 1 is 1.56 bits per heavy atom. The Morgan fingerprint density at radius 2 is 2.33 bits per heavy atom. The van der Waals surface area contributed by atoms with Crippen LogP contribution in [-0.2, 0) is 9.59 Å². The predicted molar refractivity (Wildman–Crippen MR) is 63.2 cm³/mol. The van der Waals surface area contributed by atoms with E-state index in [0.29, 0.717) is 12.0 Å². The molecule has 4 N–H and O–H groups in total. The summed E-state index contributed by atoms with van der Waals surface area (Å²) in [5.74, 6) is -0.414. The van der Waals surface area contributed by atoms with Crippen LogP contribution in [0.2, 0.25) is 0 Å². The largest absolute Gasteiger partial charge is 0.395 e. The van der Waals surface area contributed by atoms with Crippen molar-refractivity contribution in [2.24, 2.45) is 0 Å². The van der Waals surface area contributed by atoms with Gasteiger partial charge in [-0.05, 0) is 12.5 Å². The maximum atomic E-state index is 11.5. The highest BCUT2D eigenvalue weighted by molar-refractivity contribution is 6.01. The number of carbonyl (C=O) groups excluding carboxylic acids is 2. The molecule has 2 heterocycles. The van der Waals surface area contributed by atoms with Crippen molar-refractivity contribution in [1.82, 2.24) is 10.3 Å². The van der Waals surface area contributed by atoms with Crippen LogP contribution in [0.15, 0.2) is 12.3 Å². The summed E-state index contributed by atoms with van der Waals surface area (Å²) in [4.78, 5) is 26.5. The van der Waals surface area contributed by atoms with E-state index in [0.717, 1.165) is 0 Å². The van der Waals surface area contributed by atoms with E-state index in [4.69, 9.17) is 11.0 Å². The number of nitrogens with zero attached hydrogens (tertiary/aromatic N) is 2. The molecule has 0 spiro atoms. The standard InChI is InChI=1S/C11H11N5O2/c12-5-6-3-4-14-10(9(6)13)15-7-1-2-8(17)16-11(7)18/h3-4,7H,1-2,13H2,(H,14,15)(H,16,17,18). The van der Waals surface area contributed by atoms with Crippen LogP contribution < -0.4 is 16.4 Å². The van der Waals surface area contributed by atoms with Crippen molar-refractivity contribution in [3.63, 3.8) is 0 Å². The van der Waals surface area contributed by atoms with Crippen molar-refractivity contribution in [2.75, 3.05) is 11.1 Å². The number of carbonyl (C=O) groups is 2. The van der Waals surface area contributed by atoms with E-state index in [2.05, 4.69) is 15.6 Å². The molecule has 0 aromatic carbocycles. The second kappa shape index (κ2) is 4.71. The second-order valence-corrected chi connectivity index (χ2v) is 3.88. The molecule has 1 aliphatic heterocycles. The Balaban J connectivity index is 2.17. The van der Waals surface area contributed by atoms with E-state index >= 15 is 0 Å². The lowest BCUT2D eigenvalue weighted by Crippen LogP contribution is -2.47. The van der Waals surface area contributed by atoms with Crippen molar-refractivity contribution < 1.29 is 9.59 Å². The quantitative estimate of drug-likeness (QED) is 0.618. The number of piperidine rings is 1. The summed E-state index contributed by atoms with van der Waals surface area (Å²) in [6.45, 7) is 0. The Hall–Kier alpha value is -2.62. The van der Waals surface area contributed by atoms with E-state index in [1.165, 1.54) is 12.3 Å². The summed E-state index contributed by atoms with van der Waals surface area (Å²) in [5.41, 5.74) is 6.23. The fourth-order valence-corrected chi connectivity index (χ4v) is 1.68. The van der Waals surface area contributed by atoms with Gasteiger partial charge in [0.2, 0.25) is 11.8 Å². The minimum absolute atomic E-state index is 0.199. The molecule has 1 aromatic heterocycles. The van der Waals surface area contributed by atoms with Gasteiger partial charge in [-0.1, -0.05) is 0 Å². The van der Waals surface area contributed by atoms with Gasteiger partial charge in [0.15, 0.2) is 5.82 Å². The molecule has 0 bridgehead atoms. The lowest BCUT2D eigenvalue weighted by molar-refractivity contribution is -0.133. The number of amides is 2. The Labute approximate surface area is 103 Å². The van der Waals surface area contributed by atoms with Crippen molar-refractivity contribution in [3.8, 4) is 6.07 Å². The molecule has 18 heavy (non-hydrogen) atoms. The fraction of sp³-hybridized carbons (Fsp3) is 0.273. The molecule has 1 aliphatic rings. The zero-order valence-corrected chi connectivity index (χ0v) is 9.43. The average Bonchev–Trinajstić information content (AvgIpc) is 2.35. The van der Waals surface area contributed by atoms with E-state index in [9.17, 15) is 9.59 Å². The van der Waals surface area contributed by atoms with Gasteiger partial charge in [0.05, 0.1) is 11.3 Å². The third-order valence-electron chi connectivity index (χ3n) is 2.66. The summed E-state index contributed by atoms with van der Waals surface area (Å²) in [7, 11) is 0. The number of nitrogens with one attached hydrogen (secondary N) is 2. The molecule has 2 amide bonds. The second-order valence-electron chi connectivity index (χ2n) is 3.88. The number of hydrogen-bond donors (Lipinski definition) is 3. The molecular formula is C11H11N5O2. The SMILES string of the molecule is N#Cc1ccnc(NC2CCC(=O)NC2=O)c1N. The zero-order chi connectivity index (χ0) is 13.1. The lowest BCUT2D eigenvalue weighted by Gasteiger charge is -2.22. The van der Waals surface area contributed by atoms with Crippen molar-refractivity contribution in [2.45, 2.75) is 18.9 Å². The van der Waals surface area contributed by atoms with Gasteiger partial charge >= 0.3 is 0 Å². The average molecular weight is 245 g/mol. The minimum Gasteiger partial charge on any atom is -0.395 e. The Bertz CT molecular complexity index is 549. The first-order chi connectivity index (χ1) is 8.61. The summed E-state index contributed by atoms with van der Waals surface area (Å²) < 4.78 is 0. The lowest BCUT2D eigenvalue weighted by atomic mass is 10.1. The molecule has 0 saturated carbocycles. The number of aromatic nitrogens is 1. The third kappa shape index (κ3) is 2.22. The van der Waals surface area contributed by atoms with Crippen molar-refractivity contribution >= 4 is 23.3 Å². The molecule has 7 heteroatoms. The van der Waals surface area contributed by atoms with Crippen LogP contribution in [0.1, 0.15) is 18.4 Å². The van der Waals surface area contributed by atoms with Gasteiger partial charge in [0.25, 0.3) is 0 Å². The third-order valence-corrected chi connectivity index (χ3v) is 2.66. The first-order valence-corrected chi connectivity index (χ1v) is 5.36. The number of pyridine rings is 1. The predicted octanol–water partition coefficient (Wildman–Crippen LogP) is -0.247. The summed E-state index contributed by atoms with van der Waals surface area (Å²) >= 11 is 0. The van der Waals surface area contributed by atoms with Crippen LogP contribution in [0.25, 0.3) is 0 Å². The van der Waals surface area contributed by atoms with Crippen LogP contribution in [0.5, 0.6) is 0 Å². The van der Waals surface area contributed by atoms with Crippen LogP contribution >= 0.6 is 0 Å². The van der Waals surface area contributed by atoms with Crippen LogP contribution in [-0.4, -0.2) is 22.8 Å². The van der Waals surface area contributed by atoms with Gasteiger partial charge in [-0.25, -0.2) is 4.98 Å². The molecule has 1 aromatic rings.